The van der Waals surface area contributed by atoms with E-state index in [-0.39, 0.29) is 22.3 Å². The Hall–Kier alpha value is -2.17. The van der Waals surface area contributed by atoms with Crippen molar-refractivity contribution in [3.8, 4) is 0 Å². The monoisotopic (exact) mass is 518 g/mol. The fraction of sp³-hybridized carbons (Fsp3) is 0.625. The summed E-state index contributed by atoms with van der Waals surface area (Å²) in [5.41, 5.74) is 0.254. The third-order valence-electron chi connectivity index (χ3n) is 8.07. The van der Waals surface area contributed by atoms with E-state index in [1.807, 2.05) is 20.8 Å². The second-order valence-corrected chi connectivity index (χ2v) is 13.0. The minimum atomic E-state index is -3.56. The lowest BCUT2D eigenvalue weighted by atomic mass is 9.61. The molecule has 9 nitrogen and oxygen atoms in total. The summed E-state index contributed by atoms with van der Waals surface area (Å²) < 4.78 is 29.8. The molecular formula is C24H31ClN6O3S. The average Bonchev–Trinajstić information content (AvgIpc) is 3.54. The van der Waals surface area contributed by atoms with Gasteiger partial charge in [0.2, 0.25) is 10.0 Å². The number of amides is 2. The van der Waals surface area contributed by atoms with Gasteiger partial charge in [0.15, 0.2) is 5.82 Å². The van der Waals surface area contributed by atoms with E-state index in [0.717, 1.165) is 44.6 Å². The number of nitrogens with one attached hydrogen (secondary N) is 1. The van der Waals surface area contributed by atoms with Crippen LogP contribution in [0, 0.1) is 11.3 Å². The van der Waals surface area contributed by atoms with Crippen LogP contribution in [0.5, 0.6) is 0 Å². The smallest absolute Gasteiger partial charge is 0.320 e. The summed E-state index contributed by atoms with van der Waals surface area (Å²) in [4.78, 5) is 21.6. The van der Waals surface area contributed by atoms with E-state index in [9.17, 15) is 13.2 Å². The third kappa shape index (κ3) is 4.68. The number of hydrogen-bond acceptors (Lipinski definition) is 5. The maximum absolute atomic E-state index is 13.0. The zero-order valence-corrected chi connectivity index (χ0v) is 21.2. The first kappa shape index (κ1) is 23.2. The van der Waals surface area contributed by atoms with Crippen molar-refractivity contribution in [2.75, 3.05) is 32.7 Å². The number of urea groups is 1. The van der Waals surface area contributed by atoms with Gasteiger partial charge in [0.1, 0.15) is 6.33 Å². The molecule has 35 heavy (non-hydrogen) atoms. The Bertz CT molecular complexity index is 1190. The van der Waals surface area contributed by atoms with Crippen molar-refractivity contribution in [3.63, 3.8) is 0 Å². The fourth-order valence-corrected chi connectivity index (χ4v) is 6.97. The van der Waals surface area contributed by atoms with Crippen molar-refractivity contribution in [3.05, 3.63) is 41.4 Å². The van der Waals surface area contributed by atoms with Gasteiger partial charge in [0.05, 0.1) is 10.9 Å². The first-order chi connectivity index (χ1) is 16.8. The van der Waals surface area contributed by atoms with Crippen LogP contribution in [0.15, 0.2) is 35.5 Å². The average molecular weight is 519 g/mol. The standard InChI is InChI=1S/C24H31ClN6O3S/c25-19-3-5-21(6-4-19)35(33,34)27-13-17-7-9-29(10-8-17)23(32)30-14-24(15-30)11-20(12-24)31-16-26-22(28-31)18-1-2-18/h3-6,16-18,20,27H,1-2,7-15H2. The van der Waals surface area contributed by atoms with Gasteiger partial charge in [-0.1, -0.05) is 11.6 Å². The summed E-state index contributed by atoms with van der Waals surface area (Å²) in [6, 6.07) is 6.70. The second-order valence-electron chi connectivity index (χ2n) is 10.8. The Morgan fingerprint density at radius 2 is 1.74 bits per heavy atom. The third-order valence-corrected chi connectivity index (χ3v) is 9.77. The number of nitrogens with zero attached hydrogens (tertiary/aromatic N) is 5. The summed E-state index contributed by atoms with van der Waals surface area (Å²) in [6.45, 7) is 3.37. The first-order valence-corrected chi connectivity index (χ1v) is 14.4. The Morgan fingerprint density at radius 1 is 1.06 bits per heavy atom. The van der Waals surface area contributed by atoms with Gasteiger partial charge in [-0.15, -0.1) is 0 Å². The van der Waals surface area contributed by atoms with E-state index in [2.05, 4.69) is 14.8 Å². The highest BCUT2D eigenvalue weighted by Gasteiger charge is 2.55. The summed E-state index contributed by atoms with van der Waals surface area (Å²) in [7, 11) is -3.56. The van der Waals surface area contributed by atoms with E-state index >= 15 is 0 Å². The molecule has 2 aliphatic carbocycles. The molecule has 2 saturated carbocycles. The minimum absolute atomic E-state index is 0.121. The molecular weight excluding hydrogens is 488 g/mol. The molecule has 1 aromatic heterocycles. The molecule has 3 heterocycles. The maximum Gasteiger partial charge on any atom is 0.320 e. The number of sulfonamides is 1. The van der Waals surface area contributed by atoms with Crippen molar-refractivity contribution in [1.82, 2.24) is 29.3 Å². The van der Waals surface area contributed by atoms with Crippen molar-refractivity contribution in [1.29, 1.82) is 0 Å². The lowest BCUT2D eigenvalue weighted by Gasteiger charge is -2.59. The minimum Gasteiger partial charge on any atom is -0.325 e. The number of carbonyl (C=O) groups is 1. The quantitative estimate of drug-likeness (QED) is 0.632. The SMILES string of the molecule is O=C(N1CCC(CNS(=O)(=O)c2ccc(Cl)cc2)CC1)N1CC2(CC(n3cnc(C4CC4)n3)C2)C1. The van der Waals surface area contributed by atoms with Crippen LogP contribution in [0.25, 0.3) is 0 Å². The molecule has 1 N–H and O–H groups in total. The molecule has 0 unspecified atom stereocenters. The van der Waals surface area contributed by atoms with E-state index in [4.69, 9.17) is 11.6 Å². The zero-order valence-electron chi connectivity index (χ0n) is 19.6. The van der Waals surface area contributed by atoms with Gasteiger partial charge in [-0.2, -0.15) is 5.10 Å². The van der Waals surface area contributed by atoms with Gasteiger partial charge >= 0.3 is 6.03 Å². The fourth-order valence-electron chi connectivity index (χ4n) is 5.73. The molecule has 11 heteroatoms. The molecule has 2 aliphatic heterocycles. The first-order valence-electron chi connectivity index (χ1n) is 12.5. The van der Waals surface area contributed by atoms with E-state index < -0.39 is 10.0 Å². The van der Waals surface area contributed by atoms with Gasteiger partial charge in [-0.05, 0) is 68.7 Å². The van der Waals surface area contributed by atoms with E-state index in [1.165, 1.54) is 25.0 Å². The van der Waals surface area contributed by atoms with Crippen LogP contribution >= 0.6 is 11.6 Å². The van der Waals surface area contributed by atoms with E-state index in [1.54, 1.807) is 12.1 Å². The van der Waals surface area contributed by atoms with E-state index in [0.29, 0.717) is 36.6 Å². The predicted octanol–water partition coefficient (Wildman–Crippen LogP) is 3.26. The Kier molecular flexibility index (Phi) is 5.80. The number of halogens is 1. The summed E-state index contributed by atoms with van der Waals surface area (Å²) >= 11 is 5.85. The molecule has 1 aromatic carbocycles. The van der Waals surface area contributed by atoms with Gasteiger partial charge in [-0.3, -0.25) is 0 Å². The lowest BCUT2D eigenvalue weighted by Crippen LogP contribution is -2.66. The zero-order chi connectivity index (χ0) is 24.2. The van der Waals surface area contributed by atoms with Gasteiger partial charge in [0.25, 0.3) is 0 Å². The van der Waals surface area contributed by atoms with Crippen LogP contribution < -0.4 is 4.72 Å². The number of benzene rings is 1. The molecule has 4 aliphatic rings. The molecule has 0 radical (unpaired) electrons. The summed E-state index contributed by atoms with van der Waals surface area (Å²) in [5.74, 6) is 1.80. The normalized spacial score (nSPS) is 22.8. The van der Waals surface area contributed by atoms with Crippen LogP contribution in [0.1, 0.15) is 56.3 Å². The van der Waals surface area contributed by atoms with Crippen molar-refractivity contribution in [2.24, 2.45) is 11.3 Å². The molecule has 0 atom stereocenters. The predicted molar refractivity (Wildman–Crippen MR) is 131 cm³/mol. The van der Waals surface area contributed by atoms with Crippen molar-refractivity contribution >= 4 is 27.7 Å². The molecule has 6 rings (SSSR count). The van der Waals surface area contributed by atoms with Gasteiger partial charge in [-0.25, -0.2) is 27.6 Å². The molecule has 0 bridgehead atoms. The number of carbonyl (C=O) groups excluding carboxylic acids is 1. The largest absolute Gasteiger partial charge is 0.325 e. The van der Waals surface area contributed by atoms with Crippen molar-refractivity contribution < 1.29 is 13.2 Å². The van der Waals surface area contributed by atoms with Crippen molar-refractivity contribution in [2.45, 2.75) is 55.4 Å². The molecule has 188 valence electrons. The molecule has 4 fully saturated rings. The maximum atomic E-state index is 13.0. The Labute approximate surface area is 210 Å². The number of hydrogen-bond donors (Lipinski definition) is 1. The van der Waals surface area contributed by atoms with Crippen LogP contribution in [-0.2, 0) is 10.0 Å². The van der Waals surface area contributed by atoms with Crippen LogP contribution in [-0.4, -0.2) is 71.7 Å². The second kappa shape index (κ2) is 8.74. The lowest BCUT2D eigenvalue weighted by molar-refractivity contribution is -0.0750. The Balaban J connectivity index is 0.927. The van der Waals surface area contributed by atoms with Gasteiger partial charge < -0.3 is 9.80 Å². The summed E-state index contributed by atoms with van der Waals surface area (Å²) in [5, 5.41) is 5.18. The molecule has 2 aromatic rings. The highest BCUT2D eigenvalue weighted by atomic mass is 35.5. The Morgan fingerprint density at radius 3 is 2.40 bits per heavy atom. The molecule has 2 saturated heterocycles. The highest BCUT2D eigenvalue weighted by molar-refractivity contribution is 7.89. The highest BCUT2D eigenvalue weighted by Crippen LogP contribution is 2.54. The number of likely N-dealkylation sites (tertiary alicyclic amines) is 2. The number of aromatic nitrogens is 3. The number of piperidine rings is 1. The topological polar surface area (TPSA) is 100 Å². The molecule has 1 spiro atoms. The van der Waals surface area contributed by atoms with Crippen LogP contribution in [0.4, 0.5) is 4.79 Å². The summed E-state index contributed by atoms with van der Waals surface area (Å²) in [6.07, 6.45) is 8.04. The number of rotatable bonds is 6. The van der Waals surface area contributed by atoms with Gasteiger partial charge in [0, 0.05) is 49.1 Å². The van der Waals surface area contributed by atoms with Crippen LogP contribution in [0.3, 0.4) is 0 Å². The van der Waals surface area contributed by atoms with Crippen LogP contribution in [0.2, 0.25) is 5.02 Å². The molecule has 2 amide bonds.